The van der Waals surface area contributed by atoms with Crippen molar-refractivity contribution in [3.8, 4) is 11.3 Å². The molecule has 4 N–H and O–H groups in total. The van der Waals surface area contributed by atoms with Gasteiger partial charge in [0.25, 0.3) is 5.56 Å². The summed E-state index contributed by atoms with van der Waals surface area (Å²) in [5, 5.41) is 7.27. The van der Waals surface area contributed by atoms with Gasteiger partial charge in [0.15, 0.2) is 0 Å². The fourth-order valence-electron chi connectivity index (χ4n) is 4.15. The lowest BCUT2D eigenvalue weighted by molar-refractivity contribution is 0.131. The van der Waals surface area contributed by atoms with Crippen molar-refractivity contribution in [1.29, 1.82) is 0 Å². The third-order valence-electron chi connectivity index (χ3n) is 5.98. The highest BCUT2D eigenvalue weighted by molar-refractivity contribution is 6.33. The molecule has 3 aromatic heterocycles. The number of H-pyrrole nitrogens is 2. The minimum Gasteiger partial charge on any atom is -0.379 e. The van der Waals surface area contributed by atoms with Gasteiger partial charge in [0.1, 0.15) is 16.4 Å². The number of ether oxygens (including phenoxy) is 1. The zero-order valence-electron chi connectivity index (χ0n) is 15.1. The molecule has 0 amide bonds. The van der Waals surface area contributed by atoms with Crippen LogP contribution in [0.1, 0.15) is 12.8 Å². The van der Waals surface area contributed by atoms with Gasteiger partial charge < -0.3 is 20.4 Å². The Labute approximate surface area is 165 Å². The van der Waals surface area contributed by atoms with Gasteiger partial charge in [-0.25, -0.2) is 9.97 Å². The van der Waals surface area contributed by atoms with Crippen molar-refractivity contribution in [1.82, 2.24) is 25.1 Å². The molecule has 5 rings (SSSR count). The van der Waals surface area contributed by atoms with Crippen LogP contribution in [-0.4, -0.2) is 57.5 Å². The van der Waals surface area contributed by atoms with Crippen molar-refractivity contribution in [3.05, 3.63) is 33.8 Å². The van der Waals surface area contributed by atoms with Crippen LogP contribution in [0.3, 0.4) is 0 Å². The van der Waals surface area contributed by atoms with E-state index in [1.165, 1.54) is 0 Å². The second kappa shape index (κ2) is 6.54. The predicted octanol–water partition coefficient (Wildman–Crippen LogP) is 1.31. The Morgan fingerprint density at radius 3 is 2.93 bits per heavy atom. The van der Waals surface area contributed by atoms with Crippen molar-refractivity contribution in [2.45, 2.75) is 18.9 Å². The van der Waals surface area contributed by atoms with E-state index in [1.807, 2.05) is 0 Å². The molecule has 2 aliphatic heterocycles. The van der Waals surface area contributed by atoms with Gasteiger partial charge in [-0.2, -0.15) is 5.10 Å². The number of hydrogen-bond acceptors (Lipinski definition) is 7. The lowest BCUT2D eigenvalue weighted by atomic mass is 9.75. The summed E-state index contributed by atoms with van der Waals surface area (Å²) in [7, 11) is 0. The van der Waals surface area contributed by atoms with Gasteiger partial charge in [0, 0.05) is 36.3 Å². The molecule has 3 aromatic rings. The van der Waals surface area contributed by atoms with Crippen molar-refractivity contribution in [2.24, 2.45) is 11.1 Å². The molecular weight excluding hydrogens is 382 g/mol. The minimum atomic E-state index is -0.358. The maximum absolute atomic E-state index is 11.8. The molecule has 146 valence electrons. The second-order valence-corrected chi connectivity index (χ2v) is 7.88. The van der Waals surface area contributed by atoms with E-state index in [0.717, 1.165) is 38.4 Å². The molecule has 2 fully saturated rings. The van der Waals surface area contributed by atoms with Crippen LogP contribution in [0, 0.1) is 5.41 Å². The lowest BCUT2D eigenvalue weighted by Crippen LogP contribution is -2.49. The Kier molecular flexibility index (Phi) is 4.11. The number of halogens is 1. The molecule has 0 bridgehead atoms. The first-order chi connectivity index (χ1) is 13.6. The smallest absolute Gasteiger partial charge is 0.267 e. The number of aromatic nitrogens is 5. The van der Waals surface area contributed by atoms with E-state index in [9.17, 15) is 4.79 Å². The van der Waals surface area contributed by atoms with Gasteiger partial charge in [-0.15, -0.1) is 0 Å². The standard InChI is InChI=1S/C18H20ClN7O2/c19-13-10(1-4-21-17(13)27)14-15-16(25-24-14)23-12(7-22-15)26-5-2-18(3-6-26)9-28-8-11(18)20/h1,4,7,11H,2-3,5-6,8-9,20H2,(H,21,27)(H,23,24,25). The minimum absolute atomic E-state index is 0.0879. The van der Waals surface area contributed by atoms with Gasteiger partial charge in [0.2, 0.25) is 5.65 Å². The number of piperidine rings is 1. The quantitative estimate of drug-likeness (QED) is 0.590. The summed E-state index contributed by atoms with van der Waals surface area (Å²) < 4.78 is 5.59. The van der Waals surface area contributed by atoms with Gasteiger partial charge in [0.05, 0.1) is 25.1 Å². The topological polar surface area (TPSA) is 126 Å². The number of nitrogens with two attached hydrogens (primary N) is 1. The van der Waals surface area contributed by atoms with Crippen LogP contribution < -0.4 is 16.2 Å². The fourth-order valence-corrected chi connectivity index (χ4v) is 4.36. The molecule has 0 radical (unpaired) electrons. The number of aromatic amines is 2. The van der Waals surface area contributed by atoms with E-state index in [-0.39, 0.29) is 22.0 Å². The van der Waals surface area contributed by atoms with Gasteiger partial charge >= 0.3 is 0 Å². The second-order valence-electron chi connectivity index (χ2n) is 7.50. The van der Waals surface area contributed by atoms with Crippen molar-refractivity contribution < 1.29 is 4.74 Å². The summed E-state index contributed by atoms with van der Waals surface area (Å²) in [6, 6.07) is 1.82. The highest BCUT2D eigenvalue weighted by Crippen LogP contribution is 2.39. The van der Waals surface area contributed by atoms with Crippen LogP contribution in [-0.2, 0) is 4.74 Å². The molecule has 0 saturated carbocycles. The average molecular weight is 402 g/mol. The number of rotatable bonds is 2. The third-order valence-corrected chi connectivity index (χ3v) is 6.35. The summed E-state index contributed by atoms with van der Waals surface area (Å²) in [6.45, 7) is 3.10. The Morgan fingerprint density at radius 1 is 1.36 bits per heavy atom. The monoisotopic (exact) mass is 401 g/mol. The third kappa shape index (κ3) is 2.69. The fraction of sp³-hybridized carbons (Fsp3) is 0.444. The first-order valence-electron chi connectivity index (χ1n) is 9.24. The first kappa shape index (κ1) is 17.6. The molecule has 5 heterocycles. The highest BCUT2D eigenvalue weighted by Gasteiger charge is 2.44. The number of nitrogens with zero attached hydrogens (tertiary/aromatic N) is 4. The molecular formula is C18H20ClN7O2. The maximum Gasteiger partial charge on any atom is 0.267 e. The van der Waals surface area contributed by atoms with E-state index in [4.69, 9.17) is 22.1 Å². The summed E-state index contributed by atoms with van der Waals surface area (Å²) in [5.74, 6) is 0.782. The first-order valence-corrected chi connectivity index (χ1v) is 9.62. The lowest BCUT2D eigenvalue weighted by Gasteiger charge is -2.41. The van der Waals surface area contributed by atoms with E-state index >= 15 is 0 Å². The summed E-state index contributed by atoms with van der Waals surface area (Å²) >= 11 is 6.14. The van der Waals surface area contributed by atoms with Crippen molar-refractivity contribution in [2.75, 3.05) is 31.2 Å². The Morgan fingerprint density at radius 2 is 2.18 bits per heavy atom. The van der Waals surface area contributed by atoms with Crippen LogP contribution >= 0.6 is 11.6 Å². The Hall–Kier alpha value is -2.49. The van der Waals surface area contributed by atoms with E-state index in [0.29, 0.717) is 29.0 Å². The normalized spacial score (nSPS) is 21.6. The largest absolute Gasteiger partial charge is 0.379 e. The molecule has 28 heavy (non-hydrogen) atoms. The maximum atomic E-state index is 11.8. The molecule has 9 nitrogen and oxygen atoms in total. The Balaban J connectivity index is 1.43. The number of hydrogen-bond donors (Lipinski definition) is 3. The highest BCUT2D eigenvalue weighted by atomic mass is 35.5. The Bertz CT molecular complexity index is 1090. The molecule has 0 aromatic carbocycles. The van der Waals surface area contributed by atoms with Crippen LogP contribution in [0.5, 0.6) is 0 Å². The van der Waals surface area contributed by atoms with Gasteiger partial charge in [-0.05, 0) is 18.9 Å². The van der Waals surface area contributed by atoms with Gasteiger partial charge in [-0.3, -0.25) is 9.89 Å². The molecule has 1 unspecified atom stereocenters. The average Bonchev–Trinajstić information content (AvgIpc) is 3.28. The van der Waals surface area contributed by atoms with Crippen LogP contribution in [0.4, 0.5) is 5.82 Å². The van der Waals surface area contributed by atoms with Crippen LogP contribution in [0.25, 0.3) is 22.4 Å². The number of fused-ring (bicyclic) bond motifs is 1. The van der Waals surface area contributed by atoms with Crippen molar-refractivity contribution in [3.63, 3.8) is 0 Å². The molecule has 1 atom stereocenters. The zero-order valence-corrected chi connectivity index (χ0v) is 15.9. The number of anilines is 1. The molecule has 1 spiro atoms. The van der Waals surface area contributed by atoms with Crippen molar-refractivity contribution >= 4 is 28.6 Å². The number of pyridine rings is 1. The van der Waals surface area contributed by atoms with E-state index < -0.39 is 0 Å². The van der Waals surface area contributed by atoms with Crippen LogP contribution in [0.2, 0.25) is 5.02 Å². The summed E-state index contributed by atoms with van der Waals surface area (Å²) in [5.41, 5.74) is 8.19. The van der Waals surface area contributed by atoms with Crippen LogP contribution in [0.15, 0.2) is 23.3 Å². The molecule has 2 aliphatic rings. The summed E-state index contributed by atoms with van der Waals surface area (Å²) in [4.78, 5) is 25.7. The van der Waals surface area contributed by atoms with E-state index in [1.54, 1.807) is 18.5 Å². The summed E-state index contributed by atoms with van der Waals surface area (Å²) in [6.07, 6.45) is 5.23. The molecule has 10 heteroatoms. The molecule has 0 aliphatic carbocycles. The van der Waals surface area contributed by atoms with E-state index in [2.05, 4.69) is 30.0 Å². The predicted molar refractivity (Wildman–Crippen MR) is 105 cm³/mol. The number of nitrogens with one attached hydrogen (secondary N) is 2. The van der Waals surface area contributed by atoms with Gasteiger partial charge in [-0.1, -0.05) is 11.6 Å². The zero-order chi connectivity index (χ0) is 19.3. The SMILES string of the molecule is NC1COCC12CCN(c1cnc3c(-c4cc[nH]c(=O)c4Cl)[nH]nc3n1)CC2. The molecule has 2 saturated heterocycles.